The molecule has 1 aliphatic rings. The summed E-state index contributed by atoms with van der Waals surface area (Å²) in [4.78, 5) is 11.4. The maximum Gasteiger partial charge on any atom is 2.00 e. The summed E-state index contributed by atoms with van der Waals surface area (Å²) in [7, 11) is 0. The van der Waals surface area contributed by atoms with E-state index in [1.165, 1.54) is 5.56 Å². The molecule has 0 saturated carbocycles. The Hall–Kier alpha value is -0.254. The van der Waals surface area contributed by atoms with Crippen molar-refractivity contribution in [1.29, 1.82) is 0 Å². The van der Waals surface area contributed by atoms with Gasteiger partial charge in [0.15, 0.2) is 0 Å². The van der Waals surface area contributed by atoms with Crippen molar-refractivity contribution in [2.24, 2.45) is 5.92 Å². The molecule has 0 amide bonds. The van der Waals surface area contributed by atoms with Crippen LogP contribution in [0.25, 0.3) is 0 Å². The molecular weight excluding hydrogens is 248 g/mol. The van der Waals surface area contributed by atoms with E-state index in [0.29, 0.717) is 0 Å². The molecule has 1 atom stereocenters. The van der Waals surface area contributed by atoms with Crippen molar-refractivity contribution in [3.63, 3.8) is 0 Å². The summed E-state index contributed by atoms with van der Waals surface area (Å²) in [6, 6.07) is 10.2. The predicted molar refractivity (Wildman–Crippen MR) is 63.6 cm³/mol. The van der Waals surface area contributed by atoms with E-state index in [4.69, 9.17) is 4.74 Å². The maximum absolute atomic E-state index is 11.4. The zero-order chi connectivity index (χ0) is 10.7. The van der Waals surface area contributed by atoms with Crippen LogP contribution in [0.5, 0.6) is 0 Å². The van der Waals surface area contributed by atoms with Gasteiger partial charge in [0.1, 0.15) is 0 Å². The molecule has 0 spiro atoms. The standard InChI is InChI=1S/C13H15O2.ClH.Mg/c1-10-9-12(13(14)15-10)8-7-11-5-3-2-4-6-11;;/h2-6,12H,7-9H2,1H3;1H;/q-1;;+2/p-1/t12-;;/m1../s1. The largest absolute Gasteiger partial charge is 2.00 e. The molecule has 0 radical (unpaired) electrons. The molecule has 0 unspecified atom stereocenters. The van der Waals surface area contributed by atoms with E-state index in [0.717, 1.165) is 25.4 Å². The number of hydrogen-bond donors (Lipinski definition) is 0. The molecule has 2 rings (SSSR count). The summed E-state index contributed by atoms with van der Waals surface area (Å²) < 4.78 is 5.04. The average molecular weight is 263 g/mol. The number of carbonyl (C=O) groups excluding carboxylic acids is 1. The number of hydrogen-bond acceptors (Lipinski definition) is 2. The van der Waals surface area contributed by atoms with Crippen molar-refractivity contribution < 1.29 is 21.9 Å². The Kier molecular flexibility index (Phi) is 7.84. The van der Waals surface area contributed by atoms with Crippen molar-refractivity contribution in [1.82, 2.24) is 0 Å². The summed E-state index contributed by atoms with van der Waals surface area (Å²) in [5, 5.41) is 0. The summed E-state index contributed by atoms with van der Waals surface area (Å²) in [6.07, 6.45) is 3.50. The van der Waals surface area contributed by atoms with E-state index in [-0.39, 0.29) is 47.3 Å². The Labute approximate surface area is 125 Å². The second-order valence-corrected chi connectivity index (χ2v) is 4.05. The molecule has 1 aromatic carbocycles. The first-order valence-electron chi connectivity index (χ1n) is 5.34. The summed E-state index contributed by atoms with van der Waals surface area (Å²) >= 11 is 0. The molecule has 1 fully saturated rings. The average Bonchev–Trinajstić information content (AvgIpc) is 2.56. The number of halogens is 1. The van der Waals surface area contributed by atoms with Crippen LogP contribution in [0.15, 0.2) is 30.3 Å². The first-order valence-corrected chi connectivity index (χ1v) is 5.34. The van der Waals surface area contributed by atoms with Crippen LogP contribution >= 0.6 is 0 Å². The Bertz CT molecular complexity index is 343. The molecule has 1 aliphatic heterocycles. The van der Waals surface area contributed by atoms with Gasteiger partial charge in [0.25, 0.3) is 5.97 Å². The molecule has 88 valence electrons. The fourth-order valence-electron chi connectivity index (χ4n) is 1.93. The van der Waals surface area contributed by atoms with Crippen molar-refractivity contribution in [3.05, 3.63) is 42.0 Å². The molecule has 1 aromatic rings. The Morgan fingerprint density at radius 3 is 2.53 bits per heavy atom. The van der Waals surface area contributed by atoms with Gasteiger partial charge in [0.2, 0.25) is 0 Å². The van der Waals surface area contributed by atoms with E-state index in [1.807, 2.05) is 25.1 Å². The topological polar surface area (TPSA) is 26.3 Å². The van der Waals surface area contributed by atoms with Crippen molar-refractivity contribution >= 4 is 29.0 Å². The van der Waals surface area contributed by atoms with Gasteiger partial charge in [-0.1, -0.05) is 30.3 Å². The minimum absolute atomic E-state index is 0. The quantitative estimate of drug-likeness (QED) is 0.412. The first kappa shape index (κ1) is 16.7. The fraction of sp³-hybridized carbons (Fsp3) is 0.385. The molecule has 2 nitrogen and oxygen atoms in total. The molecule has 17 heavy (non-hydrogen) atoms. The Balaban J connectivity index is 0.00000128. The van der Waals surface area contributed by atoms with Crippen LogP contribution in [-0.2, 0) is 16.0 Å². The van der Waals surface area contributed by atoms with Gasteiger partial charge in [0, 0.05) is 5.92 Å². The van der Waals surface area contributed by atoms with Gasteiger partial charge in [-0.05, 0) is 18.4 Å². The molecule has 0 bridgehead atoms. The smallest absolute Gasteiger partial charge is 1.00 e. The summed E-state index contributed by atoms with van der Waals surface area (Å²) in [5.41, 5.74) is 1.29. The third kappa shape index (κ3) is 4.86. The third-order valence-electron chi connectivity index (χ3n) is 2.77. The number of aryl methyl sites for hydroxylation is 1. The molecular formula is C13H15ClMgO2. The molecule has 1 heterocycles. The van der Waals surface area contributed by atoms with E-state index in [9.17, 15) is 4.79 Å². The SMILES string of the molecule is C[C-]1C[C@@H](CCc2ccccc2)C(=O)O1.[Cl-].[Mg+2]. The normalized spacial score (nSPS) is 19.1. The zero-order valence-electron chi connectivity index (χ0n) is 9.99. The van der Waals surface area contributed by atoms with Crippen LogP contribution in [-0.4, -0.2) is 29.0 Å². The second kappa shape index (κ2) is 7.96. The van der Waals surface area contributed by atoms with Crippen LogP contribution in [0.3, 0.4) is 0 Å². The van der Waals surface area contributed by atoms with Crippen molar-refractivity contribution in [2.75, 3.05) is 0 Å². The van der Waals surface area contributed by atoms with Gasteiger partial charge in [-0.2, -0.15) is 6.92 Å². The molecule has 0 N–H and O–H groups in total. The van der Waals surface area contributed by atoms with Gasteiger partial charge in [-0.15, -0.1) is 12.5 Å². The van der Waals surface area contributed by atoms with Crippen molar-refractivity contribution in [2.45, 2.75) is 26.2 Å². The first-order chi connectivity index (χ1) is 7.25. The van der Waals surface area contributed by atoms with Crippen LogP contribution in [0.4, 0.5) is 0 Å². The Morgan fingerprint density at radius 2 is 2.00 bits per heavy atom. The summed E-state index contributed by atoms with van der Waals surface area (Å²) in [5.74, 6) is 0.0219. The number of benzene rings is 1. The van der Waals surface area contributed by atoms with Crippen LogP contribution in [0.1, 0.15) is 25.3 Å². The third-order valence-corrected chi connectivity index (χ3v) is 2.77. The second-order valence-electron chi connectivity index (χ2n) is 4.05. The Morgan fingerprint density at radius 1 is 1.35 bits per heavy atom. The van der Waals surface area contributed by atoms with Crippen molar-refractivity contribution in [3.8, 4) is 0 Å². The number of ether oxygens (including phenoxy) is 1. The number of cyclic esters (lactones) is 1. The van der Waals surface area contributed by atoms with E-state index in [2.05, 4.69) is 12.1 Å². The monoisotopic (exact) mass is 262 g/mol. The van der Waals surface area contributed by atoms with Gasteiger partial charge in [-0.3, -0.25) is 4.79 Å². The van der Waals surface area contributed by atoms with E-state index < -0.39 is 0 Å². The minimum Gasteiger partial charge on any atom is -1.00 e. The fourth-order valence-corrected chi connectivity index (χ4v) is 1.93. The zero-order valence-corrected chi connectivity index (χ0v) is 12.2. The number of esters is 1. The summed E-state index contributed by atoms with van der Waals surface area (Å²) in [6.45, 7) is 1.88. The van der Waals surface area contributed by atoms with Gasteiger partial charge < -0.3 is 17.1 Å². The molecule has 0 aromatic heterocycles. The van der Waals surface area contributed by atoms with E-state index in [1.54, 1.807) is 0 Å². The maximum atomic E-state index is 11.4. The van der Waals surface area contributed by atoms with Gasteiger partial charge >= 0.3 is 23.1 Å². The number of rotatable bonds is 3. The van der Waals surface area contributed by atoms with E-state index >= 15 is 0 Å². The van der Waals surface area contributed by atoms with Gasteiger partial charge in [0.05, 0.1) is 0 Å². The van der Waals surface area contributed by atoms with Crippen LogP contribution < -0.4 is 12.4 Å². The molecule has 4 heteroatoms. The number of carbonyl (C=O) groups is 1. The minimum atomic E-state index is -0.0524. The molecule has 1 saturated heterocycles. The van der Waals surface area contributed by atoms with Crippen LogP contribution in [0.2, 0.25) is 0 Å². The van der Waals surface area contributed by atoms with Gasteiger partial charge in [-0.25, -0.2) is 0 Å². The predicted octanol–water partition coefficient (Wildman–Crippen LogP) is -0.643. The molecule has 0 aliphatic carbocycles. The van der Waals surface area contributed by atoms with Crippen LogP contribution in [0, 0.1) is 12.0 Å².